The quantitative estimate of drug-likeness (QED) is 0.888. The summed E-state index contributed by atoms with van der Waals surface area (Å²) >= 11 is 1.82. The number of hydrogen-bond donors (Lipinski definition) is 1. The van der Waals surface area contributed by atoms with Crippen LogP contribution in [0.3, 0.4) is 0 Å². The SMILES string of the molecule is CC(O)[C@@]1(CCc2cccs2)CCN(Cc2cccnc2)C1. The summed E-state index contributed by atoms with van der Waals surface area (Å²) in [6.45, 7) is 4.93. The number of likely N-dealkylation sites (tertiary alicyclic amines) is 1. The van der Waals surface area contributed by atoms with Gasteiger partial charge in [0.1, 0.15) is 0 Å². The predicted octanol–water partition coefficient (Wildman–Crippen LogP) is 3.35. The zero-order valence-electron chi connectivity index (χ0n) is 13.1. The molecule has 1 saturated heterocycles. The maximum absolute atomic E-state index is 10.4. The molecule has 3 rings (SSSR count). The molecule has 1 aliphatic heterocycles. The summed E-state index contributed by atoms with van der Waals surface area (Å²) in [5.41, 5.74) is 1.29. The topological polar surface area (TPSA) is 36.4 Å². The van der Waals surface area contributed by atoms with Crippen molar-refractivity contribution in [3.63, 3.8) is 0 Å². The lowest BCUT2D eigenvalue weighted by Crippen LogP contribution is -2.36. The van der Waals surface area contributed by atoms with Crippen molar-refractivity contribution in [3.8, 4) is 0 Å². The van der Waals surface area contributed by atoms with E-state index in [9.17, 15) is 5.11 Å². The molecule has 2 atom stereocenters. The number of pyridine rings is 1. The molecule has 0 aliphatic carbocycles. The Morgan fingerprint density at radius 3 is 3.00 bits per heavy atom. The van der Waals surface area contributed by atoms with E-state index in [1.165, 1.54) is 10.4 Å². The van der Waals surface area contributed by atoms with E-state index < -0.39 is 0 Å². The van der Waals surface area contributed by atoms with E-state index in [-0.39, 0.29) is 11.5 Å². The molecule has 1 unspecified atom stereocenters. The average Bonchev–Trinajstić information content (AvgIpc) is 3.16. The largest absolute Gasteiger partial charge is 0.393 e. The molecule has 0 saturated carbocycles. The van der Waals surface area contributed by atoms with Gasteiger partial charge in [0, 0.05) is 35.8 Å². The lowest BCUT2D eigenvalue weighted by atomic mass is 9.77. The highest BCUT2D eigenvalue weighted by atomic mass is 32.1. The van der Waals surface area contributed by atoms with E-state index >= 15 is 0 Å². The highest BCUT2D eigenvalue weighted by Crippen LogP contribution is 2.39. The van der Waals surface area contributed by atoms with Crippen LogP contribution in [-0.2, 0) is 13.0 Å². The van der Waals surface area contributed by atoms with Crippen molar-refractivity contribution in [3.05, 3.63) is 52.5 Å². The second kappa shape index (κ2) is 6.90. The van der Waals surface area contributed by atoms with Crippen molar-refractivity contribution in [1.82, 2.24) is 9.88 Å². The van der Waals surface area contributed by atoms with Crippen LogP contribution in [-0.4, -0.2) is 34.2 Å². The molecule has 1 aliphatic rings. The number of hydrogen-bond acceptors (Lipinski definition) is 4. The van der Waals surface area contributed by atoms with E-state index in [0.29, 0.717) is 0 Å². The van der Waals surface area contributed by atoms with Crippen LogP contribution >= 0.6 is 11.3 Å². The minimum absolute atomic E-state index is 0.0339. The monoisotopic (exact) mass is 316 g/mol. The van der Waals surface area contributed by atoms with Crippen LogP contribution in [0.15, 0.2) is 42.0 Å². The summed E-state index contributed by atoms with van der Waals surface area (Å²) in [5, 5.41) is 12.5. The van der Waals surface area contributed by atoms with Gasteiger partial charge in [0.15, 0.2) is 0 Å². The lowest BCUT2D eigenvalue weighted by molar-refractivity contribution is 0.0375. The van der Waals surface area contributed by atoms with Gasteiger partial charge in [-0.3, -0.25) is 9.88 Å². The van der Waals surface area contributed by atoms with E-state index in [4.69, 9.17) is 0 Å². The average molecular weight is 316 g/mol. The van der Waals surface area contributed by atoms with Gasteiger partial charge < -0.3 is 5.11 Å². The van der Waals surface area contributed by atoms with Crippen molar-refractivity contribution in [2.24, 2.45) is 5.41 Å². The van der Waals surface area contributed by atoms with E-state index in [1.54, 1.807) is 0 Å². The fraction of sp³-hybridized carbons (Fsp3) is 0.500. The molecular formula is C18H24N2OS. The molecule has 2 aromatic heterocycles. The van der Waals surface area contributed by atoms with Crippen LogP contribution in [0.5, 0.6) is 0 Å². The first-order valence-electron chi connectivity index (χ1n) is 8.00. The van der Waals surface area contributed by atoms with E-state index in [1.807, 2.05) is 36.7 Å². The summed E-state index contributed by atoms with van der Waals surface area (Å²) < 4.78 is 0. The molecule has 0 bridgehead atoms. The van der Waals surface area contributed by atoms with Crippen LogP contribution < -0.4 is 0 Å². The van der Waals surface area contributed by atoms with Gasteiger partial charge >= 0.3 is 0 Å². The van der Waals surface area contributed by atoms with E-state index in [0.717, 1.165) is 38.9 Å². The Balaban J connectivity index is 1.62. The minimum Gasteiger partial charge on any atom is -0.393 e. The fourth-order valence-corrected chi connectivity index (χ4v) is 4.16. The number of aromatic nitrogens is 1. The summed E-state index contributed by atoms with van der Waals surface area (Å²) in [7, 11) is 0. The smallest absolute Gasteiger partial charge is 0.0581 e. The fourth-order valence-electron chi connectivity index (χ4n) is 3.45. The molecule has 3 nitrogen and oxygen atoms in total. The second-order valence-corrected chi connectivity index (χ2v) is 7.47. The zero-order valence-corrected chi connectivity index (χ0v) is 13.9. The highest BCUT2D eigenvalue weighted by Gasteiger charge is 2.41. The summed E-state index contributed by atoms with van der Waals surface area (Å²) in [6, 6.07) is 8.42. The number of aliphatic hydroxyl groups excluding tert-OH is 1. The lowest BCUT2D eigenvalue weighted by Gasteiger charge is -2.32. The first-order valence-corrected chi connectivity index (χ1v) is 8.88. The predicted molar refractivity (Wildman–Crippen MR) is 90.9 cm³/mol. The van der Waals surface area contributed by atoms with Crippen LogP contribution in [0, 0.1) is 5.41 Å². The Morgan fingerprint density at radius 1 is 1.41 bits per heavy atom. The third kappa shape index (κ3) is 3.57. The van der Waals surface area contributed by atoms with Gasteiger partial charge in [-0.1, -0.05) is 12.1 Å². The Hall–Kier alpha value is -1.23. The molecule has 22 heavy (non-hydrogen) atoms. The molecule has 4 heteroatoms. The van der Waals surface area contributed by atoms with Gasteiger partial charge in [0.2, 0.25) is 0 Å². The molecule has 0 amide bonds. The molecule has 0 aromatic carbocycles. The van der Waals surface area contributed by atoms with Crippen molar-refractivity contribution >= 4 is 11.3 Å². The molecule has 1 N–H and O–H groups in total. The Bertz CT molecular complexity index is 570. The number of rotatable bonds is 6. The standard InChI is InChI=1S/C18H24N2OS/c1-15(21)18(7-6-17-5-3-11-22-17)8-10-20(14-18)13-16-4-2-9-19-12-16/h2-5,9,11-12,15,21H,6-8,10,13-14H2,1H3/t15?,18-/m0/s1. The maximum Gasteiger partial charge on any atom is 0.0581 e. The normalized spacial score (nSPS) is 23.7. The van der Waals surface area contributed by atoms with Gasteiger partial charge in [-0.25, -0.2) is 0 Å². The Morgan fingerprint density at radius 2 is 2.32 bits per heavy atom. The zero-order chi connectivity index (χ0) is 15.4. The molecule has 1 fully saturated rings. The van der Waals surface area contributed by atoms with Gasteiger partial charge in [0.25, 0.3) is 0 Å². The molecule has 118 valence electrons. The second-order valence-electron chi connectivity index (χ2n) is 6.44. The number of thiophene rings is 1. The first-order chi connectivity index (χ1) is 10.7. The first kappa shape index (κ1) is 15.7. The van der Waals surface area contributed by atoms with Gasteiger partial charge in [-0.2, -0.15) is 0 Å². The molecule has 0 radical (unpaired) electrons. The van der Waals surface area contributed by atoms with Crippen molar-refractivity contribution in [2.75, 3.05) is 13.1 Å². The van der Waals surface area contributed by atoms with Gasteiger partial charge in [-0.15, -0.1) is 11.3 Å². The van der Waals surface area contributed by atoms with Crippen LogP contribution in [0.2, 0.25) is 0 Å². The summed E-state index contributed by atoms with van der Waals surface area (Å²) in [6.07, 6.45) is 6.71. The van der Waals surface area contributed by atoms with Crippen LogP contribution in [0.1, 0.15) is 30.2 Å². The number of aryl methyl sites for hydroxylation is 1. The number of nitrogens with zero attached hydrogens (tertiary/aromatic N) is 2. The molecular weight excluding hydrogens is 292 g/mol. The highest BCUT2D eigenvalue weighted by molar-refractivity contribution is 7.09. The van der Waals surface area contributed by atoms with Crippen LogP contribution in [0.25, 0.3) is 0 Å². The molecule has 0 spiro atoms. The Kier molecular flexibility index (Phi) is 4.91. The van der Waals surface area contributed by atoms with E-state index in [2.05, 4.69) is 33.5 Å². The van der Waals surface area contributed by atoms with Gasteiger partial charge in [-0.05, 0) is 55.8 Å². The summed E-state index contributed by atoms with van der Waals surface area (Å²) in [4.78, 5) is 8.07. The third-order valence-corrected chi connectivity index (χ3v) is 5.87. The van der Waals surface area contributed by atoms with Crippen molar-refractivity contribution in [2.45, 2.75) is 38.8 Å². The molecule has 2 aromatic rings. The third-order valence-electron chi connectivity index (χ3n) is 4.93. The van der Waals surface area contributed by atoms with Crippen LogP contribution in [0.4, 0.5) is 0 Å². The van der Waals surface area contributed by atoms with Gasteiger partial charge in [0.05, 0.1) is 6.10 Å². The minimum atomic E-state index is -0.258. The molecule has 3 heterocycles. The summed E-state index contributed by atoms with van der Waals surface area (Å²) in [5.74, 6) is 0. The van der Waals surface area contributed by atoms with Crippen molar-refractivity contribution in [1.29, 1.82) is 0 Å². The maximum atomic E-state index is 10.4. The Labute approximate surface area is 136 Å². The number of aliphatic hydroxyl groups is 1. The van der Waals surface area contributed by atoms with Crippen molar-refractivity contribution < 1.29 is 5.11 Å².